The summed E-state index contributed by atoms with van der Waals surface area (Å²) in [4.78, 5) is 28.5. The number of esters is 1. The molecule has 1 N–H and O–H groups in total. The van der Waals surface area contributed by atoms with E-state index in [0.29, 0.717) is 16.8 Å². The third-order valence-electron chi connectivity index (χ3n) is 4.11. The van der Waals surface area contributed by atoms with E-state index in [2.05, 4.69) is 4.98 Å². The lowest BCUT2D eigenvalue weighted by Gasteiger charge is -2.13. The Bertz CT molecular complexity index is 1070. The number of hydrogen-bond donors (Lipinski definition) is 1. The highest BCUT2D eigenvalue weighted by Gasteiger charge is 2.22. The number of halogens is 1. The summed E-state index contributed by atoms with van der Waals surface area (Å²) in [6, 6.07) is 9.31. The number of nitrogens with one attached hydrogen (secondary N) is 1. The summed E-state index contributed by atoms with van der Waals surface area (Å²) < 4.78 is 29.3. The number of aromatic nitrogens is 1. The standard InChI is InChI=1S/C20H18FNO5/c1-4-27-20(24)17-18(11-6-5-7-12(8-11)25-2)22-15-10-16(26-3)14(21)9-13(15)19(17)23/h5-10H,4H2,1-3H3,(H,22,23). The van der Waals surface area contributed by atoms with Gasteiger partial charge in [0.15, 0.2) is 11.6 Å². The Morgan fingerprint density at radius 1 is 1.15 bits per heavy atom. The van der Waals surface area contributed by atoms with Gasteiger partial charge in [0.1, 0.15) is 11.3 Å². The number of methoxy groups -OCH3 is 2. The first-order valence-electron chi connectivity index (χ1n) is 8.25. The first-order valence-corrected chi connectivity index (χ1v) is 8.25. The molecule has 0 aliphatic carbocycles. The summed E-state index contributed by atoms with van der Waals surface area (Å²) in [5, 5.41) is 0.0306. The van der Waals surface area contributed by atoms with Crippen LogP contribution in [-0.4, -0.2) is 31.8 Å². The van der Waals surface area contributed by atoms with Crippen LogP contribution in [0.25, 0.3) is 22.2 Å². The molecule has 0 aliphatic rings. The lowest BCUT2D eigenvalue weighted by molar-refractivity contribution is 0.0525. The van der Waals surface area contributed by atoms with Gasteiger partial charge in [0.2, 0.25) is 5.43 Å². The number of ether oxygens (including phenoxy) is 3. The molecule has 2 aromatic carbocycles. The summed E-state index contributed by atoms with van der Waals surface area (Å²) >= 11 is 0. The fourth-order valence-electron chi connectivity index (χ4n) is 2.84. The average molecular weight is 371 g/mol. The lowest BCUT2D eigenvalue weighted by Crippen LogP contribution is -2.20. The fourth-order valence-corrected chi connectivity index (χ4v) is 2.84. The zero-order chi connectivity index (χ0) is 19.6. The number of H-pyrrole nitrogens is 1. The van der Waals surface area contributed by atoms with Gasteiger partial charge in [-0.2, -0.15) is 0 Å². The van der Waals surface area contributed by atoms with Gasteiger partial charge >= 0.3 is 5.97 Å². The maximum absolute atomic E-state index is 14.1. The van der Waals surface area contributed by atoms with Gasteiger partial charge in [-0.1, -0.05) is 12.1 Å². The number of aromatic amines is 1. The van der Waals surface area contributed by atoms with Gasteiger partial charge in [0.05, 0.1) is 32.0 Å². The minimum atomic E-state index is -0.783. The Kier molecular flexibility index (Phi) is 5.12. The molecule has 0 saturated carbocycles. The Hall–Kier alpha value is -3.35. The fraction of sp³-hybridized carbons (Fsp3) is 0.200. The van der Waals surface area contributed by atoms with Crippen molar-refractivity contribution in [3.8, 4) is 22.8 Å². The van der Waals surface area contributed by atoms with E-state index in [1.807, 2.05) is 0 Å². The van der Waals surface area contributed by atoms with Crippen molar-refractivity contribution >= 4 is 16.9 Å². The predicted molar refractivity (Wildman–Crippen MR) is 99.0 cm³/mol. The second kappa shape index (κ2) is 7.49. The molecule has 0 bridgehead atoms. The van der Waals surface area contributed by atoms with E-state index in [1.54, 1.807) is 31.2 Å². The van der Waals surface area contributed by atoms with E-state index < -0.39 is 17.2 Å². The van der Waals surface area contributed by atoms with Gasteiger partial charge in [-0.3, -0.25) is 4.79 Å². The SMILES string of the molecule is CCOC(=O)c1c(-c2cccc(OC)c2)[nH]c2cc(OC)c(F)cc2c1=O. The largest absolute Gasteiger partial charge is 0.497 e. The number of carbonyl (C=O) groups is 1. The van der Waals surface area contributed by atoms with Crippen LogP contribution in [0, 0.1) is 5.82 Å². The van der Waals surface area contributed by atoms with Crippen molar-refractivity contribution < 1.29 is 23.4 Å². The van der Waals surface area contributed by atoms with E-state index in [-0.39, 0.29) is 29.0 Å². The van der Waals surface area contributed by atoms with Crippen LogP contribution in [0.2, 0.25) is 0 Å². The van der Waals surface area contributed by atoms with Gasteiger partial charge < -0.3 is 19.2 Å². The van der Waals surface area contributed by atoms with E-state index in [0.717, 1.165) is 6.07 Å². The second-order valence-electron chi connectivity index (χ2n) is 5.69. The lowest BCUT2D eigenvalue weighted by atomic mass is 10.0. The van der Waals surface area contributed by atoms with Crippen molar-refractivity contribution in [3.05, 3.63) is 58.0 Å². The van der Waals surface area contributed by atoms with E-state index >= 15 is 0 Å². The van der Waals surface area contributed by atoms with Crippen LogP contribution in [0.15, 0.2) is 41.2 Å². The van der Waals surface area contributed by atoms with Gasteiger partial charge in [0, 0.05) is 17.0 Å². The van der Waals surface area contributed by atoms with Crippen molar-refractivity contribution in [1.82, 2.24) is 4.98 Å². The molecule has 3 aromatic rings. The van der Waals surface area contributed by atoms with Gasteiger partial charge in [-0.05, 0) is 25.1 Å². The van der Waals surface area contributed by atoms with Crippen molar-refractivity contribution in [2.24, 2.45) is 0 Å². The number of pyridine rings is 1. The van der Waals surface area contributed by atoms with E-state index in [4.69, 9.17) is 14.2 Å². The highest BCUT2D eigenvalue weighted by Crippen LogP contribution is 2.28. The molecule has 0 radical (unpaired) electrons. The van der Waals surface area contributed by atoms with Crippen LogP contribution in [0.3, 0.4) is 0 Å². The van der Waals surface area contributed by atoms with Gasteiger partial charge in [-0.25, -0.2) is 9.18 Å². The molecule has 1 aromatic heterocycles. The zero-order valence-corrected chi connectivity index (χ0v) is 15.1. The monoisotopic (exact) mass is 371 g/mol. The molecule has 0 saturated heterocycles. The number of carbonyl (C=O) groups excluding carboxylic acids is 1. The van der Waals surface area contributed by atoms with E-state index in [9.17, 15) is 14.0 Å². The number of benzene rings is 2. The number of rotatable bonds is 5. The molecule has 7 heteroatoms. The minimum Gasteiger partial charge on any atom is -0.497 e. The van der Waals surface area contributed by atoms with Gasteiger partial charge in [0.25, 0.3) is 0 Å². The van der Waals surface area contributed by atoms with Crippen LogP contribution in [0.1, 0.15) is 17.3 Å². The highest BCUT2D eigenvalue weighted by molar-refractivity contribution is 6.00. The zero-order valence-electron chi connectivity index (χ0n) is 15.1. The molecule has 6 nitrogen and oxygen atoms in total. The van der Waals surface area contributed by atoms with Crippen LogP contribution in [-0.2, 0) is 4.74 Å². The Morgan fingerprint density at radius 2 is 1.93 bits per heavy atom. The average Bonchev–Trinajstić information content (AvgIpc) is 2.68. The van der Waals surface area contributed by atoms with Crippen LogP contribution < -0.4 is 14.9 Å². The summed E-state index contributed by atoms with van der Waals surface area (Å²) in [5.41, 5.74) is 0.339. The van der Waals surface area contributed by atoms with Crippen LogP contribution in [0.5, 0.6) is 11.5 Å². The van der Waals surface area contributed by atoms with Crippen molar-refractivity contribution in [1.29, 1.82) is 0 Å². The summed E-state index contributed by atoms with van der Waals surface area (Å²) in [5.74, 6) is -0.937. The highest BCUT2D eigenvalue weighted by atomic mass is 19.1. The van der Waals surface area contributed by atoms with E-state index in [1.165, 1.54) is 20.3 Å². The molecule has 0 fully saturated rings. The first-order chi connectivity index (χ1) is 13.0. The second-order valence-corrected chi connectivity index (χ2v) is 5.69. The third kappa shape index (κ3) is 3.36. The quantitative estimate of drug-likeness (QED) is 0.694. The maximum Gasteiger partial charge on any atom is 0.344 e. The molecule has 0 atom stereocenters. The number of hydrogen-bond acceptors (Lipinski definition) is 5. The molecule has 0 aliphatic heterocycles. The summed E-state index contributed by atoms with van der Waals surface area (Å²) in [7, 11) is 2.85. The smallest absolute Gasteiger partial charge is 0.344 e. The van der Waals surface area contributed by atoms with Crippen molar-refractivity contribution in [2.75, 3.05) is 20.8 Å². The molecule has 27 heavy (non-hydrogen) atoms. The van der Waals surface area contributed by atoms with Gasteiger partial charge in [-0.15, -0.1) is 0 Å². The Morgan fingerprint density at radius 3 is 2.59 bits per heavy atom. The van der Waals surface area contributed by atoms with Crippen LogP contribution >= 0.6 is 0 Å². The van der Waals surface area contributed by atoms with Crippen molar-refractivity contribution in [2.45, 2.75) is 6.92 Å². The van der Waals surface area contributed by atoms with Crippen LogP contribution in [0.4, 0.5) is 4.39 Å². The maximum atomic E-state index is 14.1. The third-order valence-corrected chi connectivity index (χ3v) is 4.11. The van der Waals surface area contributed by atoms with Crippen molar-refractivity contribution in [3.63, 3.8) is 0 Å². The molecule has 0 spiro atoms. The Labute approximate surface area is 154 Å². The topological polar surface area (TPSA) is 77.6 Å². The molecule has 0 unspecified atom stereocenters. The summed E-state index contributed by atoms with van der Waals surface area (Å²) in [6.45, 7) is 1.74. The normalized spacial score (nSPS) is 10.7. The molecule has 3 rings (SSSR count). The predicted octanol–water partition coefficient (Wildman–Crippen LogP) is 3.53. The number of fused-ring (bicyclic) bond motifs is 1. The molecular weight excluding hydrogens is 353 g/mol. The minimum absolute atomic E-state index is 0.0152. The molecule has 140 valence electrons. The first kappa shape index (κ1) is 18.4. The summed E-state index contributed by atoms with van der Waals surface area (Å²) in [6.07, 6.45) is 0. The Balaban J connectivity index is 2.38. The molecule has 0 amide bonds. The molecule has 1 heterocycles. The molecular formula is C20H18FNO5.